The number of benzene rings is 2. The Labute approximate surface area is 234 Å². The smallest absolute Gasteiger partial charge is 0.0705 e. The van der Waals surface area contributed by atoms with Gasteiger partial charge in [-0.25, -0.2) is 0 Å². The minimum absolute atomic E-state index is 0.901. The van der Waals surface area contributed by atoms with Gasteiger partial charge >= 0.3 is 0 Å². The van der Waals surface area contributed by atoms with E-state index < -0.39 is 0 Å². The predicted octanol–water partition coefficient (Wildman–Crippen LogP) is 6.76. The van der Waals surface area contributed by atoms with E-state index in [4.69, 9.17) is 9.97 Å². The number of unbranched alkanes of at least 4 members (excludes halogenated alkanes) is 5. The lowest BCUT2D eigenvalue weighted by molar-refractivity contribution is 0.207. The first-order valence-electron chi connectivity index (χ1n) is 15.1. The van der Waals surface area contributed by atoms with E-state index in [2.05, 4.69) is 94.4 Å². The van der Waals surface area contributed by atoms with Crippen molar-refractivity contribution in [1.82, 2.24) is 24.7 Å². The van der Waals surface area contributed by atoms with Gasteiger partial charge < -0.3 is 4.90 Å². The summed E-state index contributed by atoms with van der Waals surface area (Å²) >= 11 is 0. The maximum absolute atomic E-state index is 4.99. The topological polar surface area (TPSA) is 35.5 Å². The first-order chi connectivity index (χ1) is 19.3. The number of hydrogen-bond donors (Lipinski definition) is 0. The average Bonchev–Trinajstić information content (AvgIpc) is 3.06. The molecule has 2 aromatic carbocycles. The van der Waals surface area contributed by atoms with Gasteiger partial charge in [0.1, 0.15) is 0 Å². The normalized spacial score (nSPS) is 16.3. The number of fused-ring (bicyclic) bond motifs is 2. The van der Waals surface area contributed by atoms with Crippen LogP contribution in [0.1, 0.15) is 56.8 Å². The van der Waals surface area contributed by atoms with Gasteiger partial charge in [0.2, 0.25) is 0 Å². The molecule has 5 nitrogen and oxygen atoms in total. The number of para-hydroxylation sites is 2. The molecule has 0 bridgehead atoms. The zero-order valence-electron chi connectivity index (χ0n) is 23.8. The SMILES string of the molecule is CCCCCCCCN1CCN(Cc2ccc3ccccc3n2)CCN(Cc2ccc3ccccc3n2)CC1. The highest BCUT2D eigenvalue weighted by atomic mass is 15.3. The van der Waals surface area contributed by atoms with Crippen LogP contribution < -0.4 is 0 Å². The zero-order valence-corrected chi connectivity index (χ0v) is 23.8. The molecule has 2 aromatic heterocycles. The van der Waals surface area contributed by atoms with Crippen LogP contribution in [-0.2, 0) is 13.1 Å². The number of aromatic nitrogens is 2. The molecule has 0 N–H and O–H groups in total. The Balaban J connectivity index is 1.25. The van der Waals surface area contributed by atoms with E-state index in [0.717, 1.165) is 74.8 Å². The third-order valence-corrected chi connectivity index (χ3v) is 8.11. The highest BCUT2D eigenvalue weighted by Crippen LogP contribution is 2.16. The summed E-state index contributed by atoms with van der Waals surface area (Å²) in [6, 6.07) is 25.7. The monoisotopic (exact) mass is 523 g/mol. The van der Waals surface area contributed by atoms with Gasteiger partial charge in [0.25, 0.3) is 0 Å². The van der Waals surface area contributed by atoms with E-state index >= 15 is 0 Å². The molecule has 1 fully saturated rings. The summed E-state index contributed by atoms with van der Waals surface area (Å²) in [7, 11) is 0. The second-order valence-corrected chi connectivity index (χ2v) is 11.2. The minimum atomic E-state index is 0.901. The van der Waals surface area contributed by atoms with Gasteiger partial charge in [-0.05, 0) is 37.2 Å². The Morgan fingerprint density at radius 3 is 1.51 bits per heavy atom. The molecule has 4 aromatic rings. The summed E-state index contributed by atoms with van der Waals surface area (Å²) in [4.78, 5) is 17.9. The van der Waals surface area contributed by atoms with Crippen LogP contribution in [0.3, 0.4) is 0 Å². The van der Waals surface area contributed by atoms with Crippen molar-refractivity contribution in [1.29, 1.82) is 0 Å². The van der Waals surface area contributed by atoms with Gasteiger partial charge in [-0.2, -0.15) is 0 Å². The van der Waals surface area contributed by atoms with E-state index in [9.17, 15) is 0 Å². The van der Waals surface area contributed by atoms with Gasteiger partial charge in [-0.15, -0.1) is 0 Å². The van der Waals surface area contributed by atoms with Crippen molar-refractivity contribution in [2.24, 2.45) is 0 Å². The lowest BCUT2D eigenvalue weighted by Gasteiger charge is -2.25. The van der Waals surface area contributed by atoms with Crippen LogP contribution in [0.25, 0.3) is 21.8 Å². The van der Waals surface area contributed by atoms with Crippen molar-refractivity contribution >= 4 is 21.8 Å². The highest BCUT2D eigenvalue weighted by molar-refractivity contribution is 5.79. The van der Waals surface area contributed by atoms with Crippen molar-refractivity contribution in [3.05, 3.63) is 84.2 Å². The van der Waals surface area contributed by atoms with Gasteiger partial charge in [0.05, 0.1) is 22.4 Å². The van der Waals surface area contributed by atoms with Gasteiger partial charge in [0, 0.05) is 63.1 Å². The van der Waals surface area contributed by atoms with Gasteiger partial charge in [-0.1, -0.05) is 87.6 Å². The molecule has 0 saturated carbocycles. The average molecular weight is 524 g/mol. The summed E-state index contributed by atoms with van der Waals surface area (Å²) in [6.45, 7) is 11.8. The van der Waals surface area contributed by atoms with Crippen molar-refractivity contribution in [3.63, 3.8) is 0 Å². The van der Waals surface area contributed by atoms with E-state index in [1.165, 1.54) is 55.8 Å². The summed E-state index contributed by atoms with van der Waals surface area (Å²) in [5.74, 6) is 0. The molecular formula is C34H45N5. The van der Waals surface area contributed by atoms with Gasteiger partial charge in [-0.3, -0.25) is 19.8 Å². The Morgan fingerprint density at radius 1 is 0.513 bits per heavy atom. The Bertz CT molecular complexity index is 1210. The molecule has 0 aliphatic carbocycles. The molecule has 0 atom stereocenters. The Hall–Kier alpha value is -2.86. The van der Waals surface area contributed by atoms with Crippen molar-refractivity contribution in [2.75, 3.05) is 45.8 Å². The lowest BCUT2D eigenvalue weighted by atomic mass is 10.1. The summed E-state index contributed by atoms with van der Waals surface area (Å²) in [5, 5.41) is 2.43. The number of hydrogen-bond acceptors (Lipinski definition) is 5. The summed E-state index contributed by atoms with van der Waals surface area (Å²) in [6.07, 6.45) is 8.11. The Kier molecular flexibility index (Phi) is 10.3. The molecule has 0 unspecified atom stereocenters. The van der Waals surface area contributed by atoms with Crippen molar-refractivity contribution in [3.8, 4) is 0 Å². The fourth-order valence-electron chi connectivity index (χ4n) is 5.69. The van der Waals surface area contributed by atoms with Crippen LogP contribution in [0.5, 0.6) is 0 Å². The fourth-order valence-corrected chi connectivity index (χ4v) is 5.69. The fraction of sp³-hybridized carbons (Fsp3) is 0.471. The zero-order chi connectivity index (χ0) is 26.7. The van der Waals surface area contributed by atoms with E-state index in [0.29, 0.717) is 0 Å². The maximum atomic E-state index is 4.99. The molecule has 1 aliphatic heterocycles. The van der Waals surface area contributed by atoms with Crippen LogP contribution in [0.4, 0.5) is 0 Å². The Morgan fingerprint density at radius 2 is 0.974 bits per heavy atom. The summed E-state index contributed by atoms with van der Waals surface area (Å²) < 4.78 is 0. The predicted molar refractivity (Wildman–Crippen MR) is 164 cm³/mol. The molecule has 206 valence electrons. The van der Waals surface area contributed by atoms with E-state index in [1.807, 2.05) is 0 Å². The lowest BCUT2D eigenvalue weighted by Crippen LogP contribution is -2.36. The third kappa shape index (κ3) is 8.31. The highest BCUT2D eigenvalue weighted by Gasteiger charge is 2.18. The van der Waals surface area contributed by atoms with Crippen molar-refractivity contribution in [2.45, 2.75) is 58.5 Å². The first-order valence-corrected chi connectivity index (χ1v) is 15.1. The standard InChI is InChI=1S/C34H45N5/c1-2-3-4-5-6-11-20-37-21-23-38(27-31-18-16-29-12-7-9-14-33(29)35-31)25-26-39(24-22-37)28-32-19-17-30-13-8-10-15-34(30)36-32/h7-10,12-19H,2-6,11,20-28H2,1H3. The van der Waals surface area contributed by atoms with Crippen LogP contribution in [-0.4, -0.2) is 70.5 Å². The molecule has 0 spiro atoms. The second-order valence-electron chi connectivity index (χ2n) is 11.2. The number of pyridine rings is 2. The molecule has 1 aliphatic rings. The number of nitrogens with zero attached hydrogens (tertiary/aromatic N) is 5. The first kappa shape index (κ1) is 27.7. The van der Waals surface area contributed by atoms with E-state index in [1.54, 1.807) is 0 Å². The molecule has 1 saturated heterocycles. The van der Waals surface area contributed by atoms with Crippen LogP contribution >= 0.6 is 0 Å². The van der Waals surface area contributed by atoms with Crippen LogP contribution in [0.15, 0.2) is 72.8 Å². The minimum Gasteiger partial charge on any atom is -0.301 e. The molecule has 0 radical (unpaired) electrons. The van der Waals surface area contributed by atoms with Gasteiger partial charge in [0.15, 0.2) is 0 Å². The molecule has 0 amide bonds. The molecule has 3 heterocycles. The molecule has 5 rings (SSSR count). The summed E-state index contributed by atoms with van der Waals surface area (Å²) in [5.41, 5.74) is 4.51. The quantitative estimate of drug-likeness (QED) is 0.203. The molecular weight excluding hydrogens is 478 g/mol. The maximum Gasteiger partial charge on any atom is 0.0705 e. The van der Waals surface area contributed by atoms with Crippen LogP contribution in [0, 0.1) is 0 Å². The molecule has 39 heavy (non-hydrogen) atoms. The van der Waals surface area contributed by atoms with Crippen LogP contribution in [0.2, 0.25) is 0 Å². The largest absolute Gasteiger partial charge is 0.301 e. The third-order valence-electron chi connectivity index (χ3n) is 8.11. The number of rotatable bonds is 11. The second kappa shape index (κ2) is 14.5. The van der Waals surface area contributed by atoms with E-state index in [-0.39, 0.29) is 0 Å². The molecule has 5 heteroatoms. The van der Waals surface area contributed by atoms with Crippen molar-refractivity contribution < 1.29 is 0 Å².